The van der Waals surface area contributed by atoms with E-state index in [1.54, 1.807) is 0 Å². The molecule has 0 saturated heterocycles. The van der Waals surface area contributed by atoms with Crippen LogP contribution in [0.25, 0.3) is 32.7 Å². The largest absolute Gasteiger partial charge is 0.399 e. The maximum Gasteiger partial charge on any atom is 0.220 e. The Kier molecular flexibility index (Phi) is 7.06. The van der Waals surface area contributed by atoms with Crippen LogP contribution in [0.4, 0.5) is 5.69 Å². The smallest absolute Gasteiger partial charge is 0.220 e. The summed E-state index contributed by atoms with van der Waals surface area (Å²) >= 11 is 0. The first-order chi connectivity index (χ1) is 15.7. The van der Waals surface area contributed by atoms with E-state index in [4.69, 9.17) is 5.73 Å². The number of anilines is 1. The summed E-state index contributed by atoms with van der Waals surface area (Å²) in [6.07, 6.45) is 5.85. The van der Waals surface area contributed by atoms with Crippen molar-refractivity contribution < 1.29 is 4.79 Å². The van der Waals surface area contributed by atoms with Crippen LogP contribution in [-0.2, 0) is 11.2 Å². The molecule has 32 heavy (non-hydrogen) atoms. The number of amides is 1. The topological polar surface area (TPSA) is 55.1 Å². The van der Waals surface area contributed by atoms with Gasteiger partial charge in [0.05, 0.1) is 0 Å². The van der Waals surface area contributed by atoms with Crippen molar-refractivity contribution in [1.82, 2.24) is 5.32 Å². The van der Waals surface area contributed by atoms with E-state index in [1.165, 1.54) is 45.7 Å². The number of unbranched alkanes of at least 4 members (excludes halogenated alkanes) is 3. The molecule has 0 aliphatic carbocycles. The molecule has 3 N–H and O–H groups in total. The Morgan fingerprint density at radius 3 is 2.47 bits per heavy atom. The summed E-state index contributed by atoms with van der Waals surface area (Å²) in [6, 6.07) is 25.5. The van der Waals surface area contributed by atoms with E-state index >= 15 is 0 Å². The normalized spacial score (nSPS) is 11.2. The SMILES string of the molecule is CCCCCCC(=O)NCCc1c(-c2ccc3ccccc3c2)ccc2ccc(N)cc12. The van der Waals surface area contributed by atoms with Gasteiger partial charge in [-0.25, -0.2) is 0 Å². The molecule has 0 atom stereocenters. The molecule has 0 aliphatic rings. The number of nitrogens with one attached hydrogen (secondary N) is 1. The fourth-order valence-corrected chi connectivity index (χ4v) is 4.42. The van der Waals surface area contributed by atoms with E-state index in [0.29, 0.717) is 13.0 Å². The predicted octanol–water partition coefficient (Wildman–Crippen LogP) is 6.87. The lowest BCUT2D eigenvalue weighted by Crippen LogP contribution is -2.25. The summed E-state index contributed by atoms with van der Waals surface area (Å²) in [5.41, 5.74) is 10.5. The molecule has 0 saturated carbocycles. The van der Waals surface area contributed by atoms with Crippen LogP contribution in [0.15, 0.2) is 72.8 Å². The lowest BCUT2D eigenvalue weighted by atomic mass is 9.91. The van der Waals surface area contributed by atoms with E-state index < -0.39 is 0 Å². The van der Waals surface area contributed by atoms with Gasteiger partial charge in [-0.2, -0.15) is 0 Å². The van der Waals surface area contributed by atoms with Crippen molar-refractivity contribution in [2.75, 3.05) is 12.3 Å². The molecule has 0 aliphatic heterocycles. The second-order valence-corrected chi connectivity index (χ2v) is 8.54. The van der Waals surface area contributed by atoms with E-state index in [1.807, 2.05) is 6.07 Å². The number of nitrogen functional groups attached to an aromatic ring is 1. The molecule has 164 valence electrons. The number of hydrogen-bond donors (Lipinski definition) is 2. The molecule has 4 rings (SSSR count). The van der Waals surface area contributed by atoms with Gasteiger partial charge in [-0.1, -0.05) is 80.8 Å². The van der Waals surface area contributed by atoms with Crippen molar-refractivity contribution in [3.63, 3.8) is 0 Å². The molecule has 1 amide bonds. The summed E-state index contributed by atoms with van der Waals surface area (Å²) in [6.45, 7) is 2.81. The van der Waals surface area contributed by atoms with Crippen LogP contribution in [0.2, 0.25) is 0 Å². The fourth-order valence-electron chi connectivity index (χ4n) is 4.42. The Labute approximate surface area is 190 Å². The molecular formula is C29H32N2O. The van der Waals surface area contributed by atoms with Crippen LogP contribution < -0.4 is 11.1 Å². The molecule has 0 radical (unpaired) electrons. The van der Waals surface area contributed by atoms with Crippen molar-refractivity contribution in [2.24, 2.45) is 0 Å². The van der Waals surface area contributed by atoms with E-state index in [-0.39, 0.29) is 5.91 Å². The van der Waals surface area contributed by atoms with E-state index in [0.717, 1.165) is 30.3 Å². The van der Waals surface area contributed by atoms with Crippen LogP contribution in [-0.4, -0.2) is 12.5 Å². The molecule has 4 aromatic rings. The Balaban J connectivity index is 1.61. The summed E-state index contributed by atoms with van der Waals surface area (Å²) in [4.78, 5) is 12.3. The third-order valence-electron chi connectivity index (χ3n) is 6.17. The van der Waals surface area contributed by atoms with Gasteiger partial charge in [0.1, 0.15) is 0 Å². The molecule has 0 heterocycles. The zero-order chi connectivity index (χ0) is 22.3. The monoisotopic (exact) mass is 424 g/mol. The Hall–Kier alpha value is -3.33. The lowest BCUT2D eigenvalue weighted by Gasteiger charge is -2.15. The molecule has 0 bridgehead atoms. The number of benzene rings is 4. The summed E-state index contributed by atoms with van der Waals surface area (Å²) in [7, 11) is 0. The number of carbonyl (C=O) groups excluding carboxylic acids is 1. The van der Waals surface area contributed by atoms with Gasteiger partial charge in [0.2, 0.25) is 5.91 Å². The zero-order valence-electron chi connectivity index (χ0n) is 18.9. The van der Waals surface area contributed by atoms with Crippen molar-refractivity contribution in [3.8, 4) is 11.1 Å². The highest BCUT2D eigenvalue weighted by atomic mass is 16.1. The second kappa shape index (κ2) is 10.3. The minimum atomic E-state index is 0.146. The van der Waals surface area contributed by atoms with Crippen LogP contribution >= 0.6 is 0 Å². The molecule has 0 fully saturated rings. The third-order valence-corrected chi connectivity index (χ3v) is 6.17. The molecule has 0 aromatic heterocycles. The number of hydrogen-bond acceptors (Lipinski definition) is 2. The van der Waals surface area contributed by atoms with Crippen LogP contribution in [0, 0.1) is 0 Å². The van der Waals surface area contributed by atoms with Gasteiger partial charge in [0.15, 0.2) is 0 Å². The van der Waals surface area contributed by atoms with Crippen molar-refractivity contribution in [3.05, 3.63) is 78.4 Å². The third kappa shape index (κ3) is 5.11. The van der Waals surface area contributed by atoms with Gasteiger partial charge in [0, 0.05) is 18.7 Å². The van der Waals surface area contributed by atoms with Crippen molar-refractivity contribution in [1.29, 1.82) is 0 Å². The van der Waals surface area contributed by atoms with E-state index in [9.17, 15) is 4.79 Å². The van der Waals surface area contributed by atoms with Crippen LogP contribution in [0.5, 0.6) is 0 Å². The summed E-state index contributed by atoms with van der Waals surface area (Å²) in [5.74, 6) is 0.146. The average molecular weight is 425 g/mol. The van der Waals surface area contributed by atoms with Crippen molar-refractivity contribution >= 4 is 33.1 Å². The highest BCUT2D eigenvalue weighted by Gasteiger charge is 2.12. The van der Waals surface area contributed by atoms with Crippen LogP contribution in [0.3, 0.4) is 0 Å². The lowest BCUT2D eigenvalue weighted by molar-refractivity contribution is -0.121. The maximum atomic E-state index is 12.3. The zero-order valence-corrected chi connectivity index (χ0v) is 18.9. The number of nitrogens with two attached hydrogens (primary N) is 1. The Bertz CT molecular complexity index is 1230. The minimum absolute atomic E-state index is 0.146. The van der Waals surface area contributed by atoms with Gasteiger partial charge in [-0.3, -0.25) is 4.79 Å². The molecule has 3 heteroatoms. The number of carbonyl (C=O) groups is 1. The summed E-state index contributed by atoms with van der Waals surface area (Å²) < 4.78 is 0. The van der Waals surface area contributed by atoms with Gasteiger partial charge in [-0.05, 0) is 69.3 Å². The molecular weight excluding hydrogens is 392 g/mol. The number of rotatable bonds is 9. The standard InChI is InChI=1S/C29H32N2O/c1-2-3-4-5-10-29(32)31-18-17-27-26(16-14-22-13-15-25(30)20-28(22)27)24-12-11-21-8-6-7-9-23(21)19-24/h6-9,11-16,19-20H,2-5,10,17-18,30H2,1H3,(H,31,32). The van der Waals surface area contributed by atoms with Gasteiger partial charge in [-0.15, -0.1) is 0 Å². The minimum Gasteiger partial charge on any atom is -0.399 e. The maximum absolute atomic E-state index is 12.3. The quantitative estimate of drug-likeness (QED) is 0.227. The highest BCUT2D eigenvalue weighted by molar-refractivity contribution is 5.95. The first-order valence-corrected chi connectivity index (χ1v) is 11.7. The predicted molar refractivity (Wildman–Crippen MR) is 137 cm³/mol. The Morgan fingerprint density at radius 1 is 0.844 bits per heavy atom. The molecule has 3 nitrogen and oxygen atoms in total. The number of fused-ring (bicyclic) bond motifs is 2. The fraction of sp³-hybridized carbons (Fsp3) is 0.276. The van der Waals surface area contributed by atoms with Gasteiger partial charge >= 0.3 is 0 Å². The first kappa shape index (κ1) is 21.9. The average Bonchev–Trinajstić information content (AvgIpc) is 2.81. The molecule has 0 unspecified atom stereocenters. The molecule has 0 spiro atoms. The van der Waals surface area contributed by atoms with Gasteiger partial charge < -0.3 is 11.1 Å². The highest BCUT2D eigenvalue weighted by Crippen LogP contribution is 2.33. The second-order valence-electron chi connectivity index (χ2n) is 8.54. The van der Waals surface area contributed by atoms with Crippen LogP contribution in [0.1, 0.15) is 44.6 Å². The van der Waals surface area contributed by atoms with E-state index in [2.05, 4.69) is 79.0 Å². The summed E-state index contributed by atoms with van der Waals surface area (Å²) in [5, 5.41) is 7.92. The van der Waals surface area contributed by atoms with Crippen molar-refractivity contribution in [2.45, 2.75) is 45.4 Å². The molecule has 4 aromatic carbocycles. The first-order valence-electron chi connectivity index (χ1n) is 11.7. The Morgan fingerprint density at radius 2 is 1.62 bits per heavy atom. The van der Waals surface area contributed by atoms with Gasteiger partial charge in [0.25, 0.3) is 0 Å².